The van der Waals surface area contributed by atoms with Crippen LogP contribution in [0.3, 0.4) is 0 Å². The monoisotopic (exact) mass is 251 g/mol. The zero-order valence-corrected chi connectivity index (χ0v) is 11.6. The lowest BCUT2D eigenvalue weighted by atomic mass is 9.93. The molecule has 1 saturated heterocycles. The first-order chi connectivity index (χ1) is 7.95. The van der Waals surface area contributed by atoms with Crippen LogP contribution in [-0.2, 0) is 6.54 Å². The second kappa shape index (κ2) is 5.87. The van der Waals surface area contributed by atoms with Crippen LogP contribution in [0.15, 0.2) is 12.5 Å². The van der Waals surface area contributed by atoms with E-state index in [0.29, 0.717) is 5.54 Å². The fourth-order valence-electron chi connectivity index (χ4n) is 2.69. The van der Waals surface area contributed by atoms with E-state index in [1.165, 1.54) is 25.9 Å². The molecule has 0 amide bonds. The van der Waals surface area contributed by atoms with E-state index in [9.17, 15) is 0 Å². The van der Waals surface area contributed by atoms with Gasteiger partial charge in [-0.3, -0.25) is 4.90 Å². The van der Waals surface area contributed by atoms with Crippen molar-refractivity contribution in [1.29, 1.82) is 0 Å². The number of hydrogen-bond acceptors (Lipinski definition) is 2. The van der Waals surface area contributed by atoms with Gasteiger partial charge in [0.25, 0.3) is 0 Å². The van der Waals surface area contributed by atoms with Crippen LogP contribution in [0.2, 0.25) is 0 Å². The predicted octanol–water partition coefficient (Wildman–Crippen LogP) is 3.34. The highest BCUT2D eigenvalue weighted by molar-refractivity contribution is 4.93. The number of nitrogens with zero attached hydrogens (tertiary/aromatic N) is 3. The molecule has 3 nitrogen and oxygen atoms in total. The summed E-state index contributed by atoms with van der Waals surface area (Å²) >= 11 is 0. The smallest absolute Gasteiger partial charge is 0.0949 e. The summed E-state index contributed by atoms with van der Waals surface area (Å²) in [5.41, 5.74) is 1.43. The molecular formula is C15H29N3. The Morgan fingerprint density at radius 2 is 2.11 bits per heavy atom. The van der Waals surface area contributed by atoms with Gasteiger partial charge in [0.2, 0.25) is 0 Å². The van der Waals surface area contributed by atoms with E-state index in [4.69, 9.17) is 0 Å². The molecule has 1 atom stereocenters. The van der Waals surface area contributed by atoms with Crippen LogP contribution in [0.1, 0.15) is 46.7 Å². The quantitative estimate of drug-likeness (QED) is 0.804. The van der Waals surface area contributed by atoms with Gasteiger partial charge in [0.05, 0.1) is 12.0 Å². The Kier molecular flexibility index (Phi) is 4.97. The minimum atomic E-state index is 0. The van der Waals surface area contributed by atoms with Gasteiger partial charge in [-0.05, 0) is 53.0 Å². The van der Waals surface area contributed by atoms with Crippen molar-refractivity contribution in [1.82, 2.24) is 14.5 Å². The Morgan fingerprint density at radius 1 is 1.39 bits per heavy atom. The minimum absolute atomic E-state index is 0. The number of aryl methyl sites for hydroxylation is 1. The lowest BCUT2D eigenvalue weighted by molar-refractivity contribution is 0.0734. The van der Waals surface area contributed by atoms with Crippen LogP contribution in [0.5, 0.6) is 0 Å². The van der Waals surface area contributed by atoms with Crippen molar-refractivity contribution in [2.24, 2.45) is 5.92 Å². The molecule has 1 aromatic heterocycles. The van der Waals surface area contributed by atoms with E-state index in [1.807, 2.05) is 6.33 Å². The molecule has 0 aromatic carbocycles. The Hall–Kier alpha value is -0.830. The van der Waals surface area contributed by atoms with E-state index in [-0.39, 0.29) is 7.43 Å². The van der Waals surface area contributed by atoms with Crippen molar-refractivity contribution >= 4 is 0 Å². The summed E-state index contributed by atoms with van der Waals surface area (Å²) < 4.78 is 2.24. The van der Waals surface area contributed by atoms with Gasteiger partial charge in [-0.2, -0.15) is 0 Å². The van der Waals surface area contributed by atoms with E-state index in [2.05, 4.69) is 48.3 Å². The van der Waals surface area contributed by atoms with Gasteiger partial charge in [0.15, 0.2) is 0 Å². The fourth-order valence-corrected chi connectivity index (χ4v) is 2.69. The summed E-state index contributed by atoms with van der Waals surface area (Å²) in [6.07, 6.45) is 6.79. The maximum absolute atomic E-state index is 4.30. The molecule has 0 spiro atoms. The van der Waals surface area contributed by atoms with E-state index < -0.39 is 0 Å². The van der Waals surface area contributed by atoms with E-state index in [1.54, 1.807) is 0 Å². The third-order valence-electron chi connectivity index (χ3n) is 3.70. The summed E-state index contributed by atoms with van der Waals surface area (Å²) in [5, 5.41) is 0. The topological polar surface area (TPSA) is 21.1 Å². The SMILES string of the molecule is C.Cc1cn(C[C@@H]2CCCN(C(C)(C)C)C2)cn1. The summed E-state index contributed by atoms with van der Waals surface area (Å²) in [5.74, 6) is 0.775. The average Bonchev–Trinajstić information content (AvgIpc) is 2.63. The van der Waals surface area contributed by atoms with Crippen molar-refractivity contribution < 1.29 is 0 Å². The number of aromatic nitrogens is 2. The molecule has 1 aliphatic heterocycles. The molecule has 0 aliphatic carbocycles. The third kappa shape index (κ3) is 3.84. The number of imidazole rings is 1. The van der Waals surface area contributed by atoms with Crippen molar-refractivity contribution in [2.75, 3.05) is 13.1 Å². The summed E-state index contributed by atoms with van der Waals surface area (Å²) in [6.45, 7) is 12.6. The van der Waals surface area contributed by atoms with Crippen LogP contribution in [0.25, 0.3) is 0 Å². The molecule has 1 aromatic rings. The Morgan fingerprint density at radius 3 is 2.67 bits per heavy atom. The second-order valence-corrected chi connectivity index (χ2v) is 6.34. The summed E-state index contributed by atoms with van der Waals surface area (Å²) in [7, 11) is 0. The number of piperidine rings is 1. The highest BCUT2D eigenvalue weighted by Crippen LogP contribution is 2.24. The first kappa shape index (κ1) is 15.2. The van der Waals surface area contributed by atoms with Crippen molar-refractivity contribution in [2.45, 2.75) is 60.0 Å². The lowest BCUT2D eigenvalue weighted by Gasteiger charge is -2.41. The third-order valence-corrected chi connectivity index (χ3v) is 3.70. The largest absolute Gasteiger partial charge is 0.337 e. The molecule has 0 bridgehead atoms. The van der Waals surface area contributed by atoms with Gasteiger partial charge in [-0.25, -0.2) is 4.98 Å². The molecule has 2 rings (SSSR count). The minimum Gasteiger partial charge on any atom is -0.337 e. The molecule has 0 radical (unpaired) electrons. The van der Waals surface area contributed by atoms with Crippen molar-refractivity contribution in [3.63, 3.8) is 0 Å². The van der Waals surface area contributed by atoms with Gasteiger partial charge in [0, 0.05) is 24.8 Å². The maximum atomic E-state index is 4.30. The van der Waals surface area contributed by atoms with E-state index >= 15 is 0 Å². The van der Waals surface area contributed by atoms with Crippen LogP contribution in [0.4, 0.5) is 0 Å². The maximum Gasteiger partial charge on any atom is 0.0949 e. The van der Waals surface area contributed by atoms with Crippen LogP contribution < -0.4 is 0 Å². The highest BCUT2D eigenvalue weighted by Gasteiger charge is 2.27. The van der Waals surface area contributed by atoms with Crippen molar-refractivity contribution in [3.8, 4) is 0 Å². The van der Waals surface area contributed by atoms with Crippen LogP contribution >= 0.6 is 0 Å². The average molecular weight is 251 g/mol. The number of hydrogen-bond donors (Lipinski definition) is 0. The molecule has 0 N–H and O–H groups in total. The summed E-state index contributed by atoms with van der Waals surface area (Å²) in [4.78, 5) is 6.92. The van der Waals surface area contributed by atoms with Gasteiger partial charge >= 0.3 is 0 Å². The zero-order valence-electron chi connectivity index (χ0n) is 11.6. The van der Waals surface area contributed by atoms with Crippen LogP contribution in [0, 0.1) is 12.8 Å². The molecule has 0 saturated carbocycles. The molecule has 1 aliphatic rings. The molecule has 2 heterocycles. The van der Waals surface area contributed by atoms with Crippen molar-refractivity contribution in [3.05, 3.63) is 18.2 Å². The standard InChI is InChI=1S/C14H25N3.CH4/c1-12-8-16(11-15-12)9-13-6-5-7-17(10-13)14(2,3)4;/h8,11,13H,5-7,9-10H2,1-4H3;1H4/t13-;/m0./s1. The Balaban J connectivity index is 0.00000162. The number of likely N-dealkylation sites (tertiary alicyclic amines) is 1. The molecule has 18 heavy (non-hydrogen) atoms. The zero-order chi connectivity index (χ0) is 12.5. The molecular weight excluding hydrogens is 222 g/mol. The Labute approximate surface area is 112 Å². The lowest BCUT2D eigenvalue weighted by Crippen LogP contribution is -2.47. The van der Waals surface area contributed by atoms with Gasteiger partial charge in [-0.1, -0.05) is 7.43 Å². The summed E-state index contributed by atoms with van der Waals surface area (Å²) in [6, 6.07) is 0. The van der Waals surface area contributed by atoms with Crippen LogP contribution in [-0.4, -0.2) is 33.1 Å². The second-order valence-electron chi connectivity index (χ2n) is 6.34. The molecule has 104 valence electrons. The predicted molar refractivity (Wildman–Crippen MR) is 77.7 cm³/mol. The molecule has 3 heteroatoms. The number of rotatable bonds is 2. The van der Waals surface area contributed by atoms with E-state index in [0.717, 1.165) is 18.2 Å². The normalized spacial score (nSPS) is 21.7. The van der Waals surface area contributed by atoms with Gasteiger partial charge in [-0.15, -0.1) is 0 Å². The molecule has 0 unspecified atom stereocenters. The fraction of sp³-hybridized carbons (Fsp3) is 0.800. The first-order valence-electron chi connectivity index (χ1n) is 6.68. The van der Waals surface area contributed by atoms with Gasteiger partial charge in [0.1, 0.15) is 0 Å². The first-order valence-corrected chi connectivity index (χ1v) is 6.68. The molecule has 1 fully saturated rings. The highest BCUT2D eigenvalue weighted by atomic mass is 15.2. The van der Waals surface area contributed by atoms with Gasteiger partial charge < -0.3 is 4.57 Å². The Bertz CT molecular complexity index is 362.